The lowest BCUT2D eigenvalue weighted by molar-refractivity contribution is 0.270. The molecule has 0 amide bonds. The number of nitrogens with one attached hydrogen (secondary N) is 2. The minimum atomic E-state index is 0. The predicted octanol–water partition coefficient (Wildman–Crippen LogP) is 3.36. The van der Waals surface area contributed by atoms with Crippen LogP contribution in [0.5, 0.6) is 0 Å². The zero-order valence-corrected chi connectivity index (χ0v) is 21.5. The van der Waals surface area contributed by atoms with Gasteiger partial charge in [-0.15, -0.1) is 24.0 Å². The van der Waals surface area contributed by atoms with E-state index < -0.39 is 0 Å². The lowest BCUT2D eigenvalue weighted by atomic mass is 10.2. The van der Waals surface area contributed by atoms with Crippen molar-refractivity contribution in [3.8, 4) is 11.5 Å². The van der Waals surface area contributed by atoms with Crippen LogP contribution in [0.2, 0.25) is 0 Å². The van der Waals surface area contributed by atoms with E-state index in [9.17, 15) is 0 Å². The number of guanidine groups is 1. The summed E-state index contributed by atoms with van der Waals surface area (Å²) in [5.74, 6) is 2.37. The maximum Gasteiger partial charge on any atom is 0.226 e. The number of piperazine rings is 1. The molecule has 176 valence electrons. The average Bonchev–Trinajstić information content (AvgIpc) is 3.34. The van der Waals surface area contributed by atoms with Gasteiger partial charge in [-0.1, -0.05) is 25.1 Å². The highest BCUT2D eigenvalue weighted by atomic mass is 127. The number of pyridine rings is 1. The lowest BCUT2D eigenvalue weighted by Gasteiger charge is -2.34. The zero-order valence-electron chi connectivity index (χ0n) is 19.2. The maximum absolute atomic E-state index is 5.60. The van der Waals surface area contributed by atoms with Crippen LogP contribution >= 0.6 is 24.0 Å². The summed E-state index contributed by atoms with van der Waals surface area (Å²) >= 11 is 0. The third-order valence-corrected chi connectivity index (χ3v) is 5.65. The van der Waals surface area contributed by atoms with Gasteiger partial charge in [0.2, 0.25) is 5.89 Å². The van der Waals surface area contributed by atoms with Crippen LogP contribution in [-0.4, -0.2) is 60.6 Å². The second-order valence-corrected chi connectivity index (χ2v) is 7.73. The Hall–Kier alpha value is -2.66. The van der Waals surface area contributed by atoms with Crippen LogP contribution in [0.25, 0.3) is 11.5 Å². The number of oxazole rings is 1. The Kier molecular flexibility index (Phi) is 9.49. The van der Waals surface area contributed by atoms with E-state index in [1.807, 2.05) is 42.6 Å². The number of benzene rings is 1. The molecule has 0 aliphatic carbocycles. The van der Waals surface area contributed by atoms with Crippen molar-refractivity contribution >= 4 is 35.8 Å². The molecule has 1 fully saturated rings. The molecule has 4 rings (SSSR count). The van der Waals surface area contributed by atoms with Gasteiger partial charge in [0.05, 0.1) is 12.2 Å². The second-order valence-electron chi connectivity index (χ2n) is 7.73. The number of anilines is 1. The molecule has 0 unspecified atom stereocenters. The van der Waals surface area contributed by atoms with E-state index in [4.69, 9.17) is 4.42 Å². The van der Waals surface area contributed by atoms with Gasteiger partial charge in [-0.25, -0.2) is 9.97 Å². The first-order valence-corrected chi connectivity index (χ1v) is 11.1. The monoisotopic (exact) mass is 561 g/mol. The summed E-state index contributed by atoms with van der Waals surface area (Å²) < 4.78 is 5.60. The van der Waals surface area contributed by atoms with Gasteiger partial charge in [0.15, 0.2) is 5.96 Å². The third kappa shape index (κ3) is 6.91. The minimum absolute atomic E-state index is 0. The van der Waals surface area contributed by atoms with Crippen LogP contribution in [0.1, 0.15) is 18.2 Å². The normalized spacial score (nSPS) is 14.6. The van der Waals surface area contributed by atoms with Gasteiger partial charge in [-0.3, -0.25) is 4.99 Å². The summed E-state index contributed by atoms with van der Waals surface area (Å²) in [6.45, 7) is 8.73. The minimum Gasteiger partial charge on any atom is -0.444 e. The molecule has 3 heterocycles. The number of hydrogen-bond donors (Lipinski definition) is 2. The maximum atomic E-state index is 5.60. The van der Waals surface area contributed by atoms with Crippen LogP contribution in [0.4, 0.5) is 5.82 Å². The van der Waals surface area contributed by atoms with Gasteiger partial charge in [-0.05, 0) is 36.4 Å². The van der Waals surface area contributed by atoms with Gasteiger partial charge in [0, 0.05) is 51.5 Å². The number of rotatable bonds is 7. The van der Waals surface area contributed by atoms with Gasteiger partial charge >= 0.3 is 0 Å². The van der Waals surface area contributed by atoms with Crippen LogP contribution in [0.3, 0.4) is 0 Å². The van der Waals surface area contributed by atoms with Crippen LogP contribution in [0, 0.1) is 0 Å². The Morgan fingerprint density at radius 3 is 2.55 bits per heavy atom. The molecular weight excluding hydrogens is 529 g/mol. The highest BCUT2D eigenvalue weighted by molar-refractivity contribution is 14.0. The van der Waals surface area contributed by atoms with E-state index in [1.165, 1.54) is 5.56 Å². The van der Waals surface area contributed by atoms with E-state index in [0.29, 0.717) is 24.9 Å². The van der Waals surface area contributed by atoms with Crippen molar-refractivity contribution in [2.24, 2.45) is 4.99 Å². The van der Waals surface area contributed by atoms with Crippen molar-refractivity contribution in [3.05, 3.63) is 66.2 Å². The van der Waals surface area contributed by atoms with E-state index in [1.54, 1.807) is 13.3 Å². The van der Waals surface area contributed by atoms with Gasteiger partial charge in [0.25, 0.3) is 0 Å². The quantitative estimate of drug-likeness (QED) is 0.260. The van der Waals surface area contributed by atoms with Gasteiger partial charge < -0.3 is 24.9 Å². The summed E-state index contributed by atoms with van der Waals surface area (Å²) in [6.07, 6.45) is 3.56. The molecule has 0 spiro atoms. The molecule has 8 nitrogen and oxygen atoms in total. The molecule has 1 aliphatic heterocycles. The van der Waals surface area contributed by atoms with Crippen LogP contribution < -0.4 is 15.5 Å². The Labute approximate surface area is 212 Å². The standard InChI is InChI=1S/C24H31N7O.HI/c1-3-30-11-13-31(14-12-30)22-15-19(9-10-26-22)16-27-24(25-2)28-17-21-18-32-23(29-21)20-7-5-4-6-8-20;/h4-10,15,18H,3,11-14,16-17H2,1-2H3,(H2,25,27,28);1H. The molecule has 0 radical (unpaired) electrons. The topological polar surface area (TPSA) is 81.8 Å². The number of aromatic nitrogens is 2. The fourth-order valence-corrected chi connectivity index (χ4v) is 3.72. The Morgan fingerprint density at radius 1 is 1.06 bits per heavy atom. The SMILES string of the molecule is CCN1CCN(c2cc(CNC(=NC)NCc3coc(-c4ccccc4)n3)ccn2)CC1.I. The van der Waals surface area contributed by atoms with E-state index in [2.05, 4.69) is 48.4 Å². The highest BCUT2D eigenvalue weighted by Gasteiger charge is 2.17. The molecule has 1 aliphatic rings. The smallest absolute Gasteiger partial charge is 0.226 e. The van der Waals surface area contributed by atoms with Crippen molar-refractivity contribution in [1.82, 2.24) is 25.5 Å². The summed E-state index contributed by atoms with van der Waals surface area (Å²) in [6, 6.07) is 14.1. The molecule has 3 aromatic rings. The summed E-state index contributed by atoms with van der Waals surface area (Å²) in [7, 11) is 1.76. The number of nitrogens with zero attached hydrogens (tertiary/aromatic N) is 5. The Balaban J connectivity index is 0.00000306. The number of halogens is 1. The molecule has 0 atom stereocenters. The molecule has 0 saturated carbocycles. The number of aliphatic imine (C=N–C) groups is 1. The van der Waals surface area contributed by atoms with E-state index in [0.717, 1.165) is 49.8 Å². The molecule has 0 bridgehead atoms. The Bertz CT molecular complexity index is 1020. The first kappa shape index (κ1) is 25.0. The molecule has 1 saturated heterocycles. The lowest BCUT2D eigenvalue weighted by Crippen LogP contribution is -2.46. The fourth-order valence-electron chi connectivity index (χ4n) is 3.72. The predicted molar refractivity (Wildman–Crippen MR) is 143 cm³/mol. The highest BCUT2D eigenvalue weighted by Crippen LogP contribution is 2.18. The molecular formula is C24H32IN7O. The average molecular weight is 561 g/mol. The summed E-state index contributed by atoms with van der Waals surface area (Å²) in [4.78, 5) is 18.3. The van der Waals surface area contributed by atoms with Gasteiger partial charge in [-0.2, -0.15) is 0 Å². The zero-order chi connectivity index (χ0) is 22.2. The van der Waals surface area contributed by atoms with Crippen molar-refractivity contribution in [2.75, 3.05) is 44.7 Å². The second kappa shape index (κ2) is 12.5. The molecule has 1 aromatic carbocycles. The van der Waals surface area contributed by atoms with Crippen molar-refractivity contribution < 1.29 is 4.42 Å². The van der Waals surface area contributed by atoms with E-state index >= 15 is 0 Å². The number of hydrogen-bond acceptors (Lipinski definition) is 6. The molecule has 2 aromatic heterocycles. The largest absolute Gasteiger partial charge is 0.444 e. The summed E-state index contributed by atoms with van der Waals surface area (Å²) in [5, 5.41) is 6.66. The van der Waals surface area contributed by atoms with E-state index in [-0.39, 0.29) is 24.0 Å². The van der Waals surface area contributed by atoms with Crippen molar-refractivity contribution in [3.63, 3.8) is 0 Å². The van der Waals surface area contributed by atoms with Crippen LogP contribution in [0.15, 0.2) is 64.3 Å². The Morgan fingerprint density at radius 2 is 1.82 bits per heavy atom. The van der Waals surface area contributed by atoms with Crippen LogP contribution in [-0.2, 0) is 13.1 Å². The summed E-state index contributed by atoms with van der Waals surface area (Å²) in [5.41, 5.74) is 2.96. The molecule has 9 heteroatoms. The first-order valence-electron chi connectivity index (χ1n) is 11.1. The molecule has 2 N–H and O–H groups in total. The number of likely N-dealkylation sites (N-methyl/N-ethyl adjacent to an activating group) is 1. The third-order valence-electron chi connectivity index (χ3n) is 5.65. The van der Waals surface area contributed by atoms with Gasteiger partial charge in [0.1, 0.15) is 12.1 Å². The fraction of sp³-hybridized carbons (Fsp3) is 0.375. The first-order chi connectivity index (χ1) is 15.7. The molecule has 33 heavy (non-hydrogen) atoms. The van der Waals surface area contributed by atoms with Crippen molar-refractivity contribution in [2.45, 2.75) is 20.0 Å². The van der Waals surface area contributed by atoms with Crippen molar-refractivity contribution in [1.29, 1.82) is 0 Å².